The molecule has 122 valence electrons. The molecule has 1 N–H and O–H groups in total. The van der Waals surface area contributed by atoms with E-state index in [1.807, 2.05) is 18.2 Å². The van der Waals surface area contributed by atoms with E-state index in [-0.39, 0.29) is 17.2 Å². The van der Waals surface area contributed by atoms with E-state index in [0.717, 1.165) is 31.4 Å². The number of pyridine rings is 1. The minimum Gasteiger partial charge on any atom is -0.353 e. The molecule has 1 aliphatic carbocycles. The monoisotopic (exact) mass is 324 g/mol. The first-order valence-corrected chi connectivity index (χ1v) is 9.79. The standard InChI is InChI=1S/C16H24N2O3S/c1-22(20,21)15-9-4-8-14(12-15)18-16(19)10-5-7-13-6-2-3-11-17-13/h2-3,6,11,14-15H,4-5,7-10,12H2,1H3,(H,18,19)/t14-,15-/m1/s1. The van der Waals surface area contributed by atoms with Gasteiger partial charge in [-0.1, -0.05) is 12.5 Å². The number of hydrogen-bond donors (Lipinski definition) is 1. The molecule has 1 heterocycles. The Morgan fingerprint density at radius 2 is 2.18 bits per heavy atom. The van der Waals surface area contributed by atoms with Crippen molar-refractivity contribution in [1.29, 1.82) is 0 Å². The van der Waals surface area contributed by atoms with Crippen molar-refractivity contribution in [1.82, 2.24) is 10.3 Å². The number of hydrogen-bond acceptors (Lipinski definition) is 4. The number of nitrogens with one attached hydrogen (secondary N) is 1. The van der Waals surface area contributed by atoms with Gasteiger partial charge in [-0.2, -0.15) is 0 Å². The zero-order valence-electron chi connectivity index (χ0n) is 13.0. The Balaban J connectivity index is 1.72. The first kappa shape index (κ1) is 16.9. The summed E-state index contributed by atoms with van der Waals surface area (Å²) in [5.41, 5.74) is 0.991. The fraction of sp³-hybridized carbons (Fsp3) is 0.625. The summed E-state index contributed by atoms with van der Waals surface area (Å²) in [6.07, 6.45) is 8.02. The van der Waals surface area contributed by atoms with Crippen LogP contribution in [0.2, 0.25) is 0 Å². The van der Waals surface area contributed by atoms with Gasteiger partial charge in [-0.3, -0.25) is 9.78 Å². The van der Waals surface area contributed by atoms with Gasteiger partial charge in [0.25, 0.3) is 0 Å². The van der Waals surface area contributed by atoms with Gasteiger partial charge in [0.05, 0.1) is 5.25 Å². The van der Waals surface area contributed by atoms with Crippen LogP contribution in [0.3, 0.4) is 0 Å². The highest BCUT2D eigenvalue weighted by Crippen LogP contribution is 2.23. The third-order valence-corrected chi connectivity index (χ3v) is 5.80. The molecular weight excluding hydrogens is 300 g/mol. The van der Waals surface area contributed by atoms with Crippen LogP contribution >= 0.6 is 0 Å². The number of carbonyl (C=O) groups is 1. The van der Waals surface area contributed by atoms with Crippen molar-refractivity contribution in [2.45, 2.75) is 56.2 Å². The summed E-state index contributed by atoms with van der Waals surface area (Å²) in [5, 5.41) is 2.68. The lowest BCUT2D eigenvalue weighted by Gasteiger charge is -2.28. The maximum absolute atomic E-state index is 12.0. The number of rotatable bonds is 6. The molecule has 0 radical (unpaired) electrons. The third kappa shape index (κ3) is 5.40. The largest absolute Gasteiger partial charge is 0.353 e. The Morgan fingerprint density at radius 1 is 1.36 bits per heavy atom. The average molecular weight is 324 g/mol. The summed E-state index contributed by atoms with van der Waals surface area (Å²) in [5.74, 6) is 0.00934. The van der Waals surface area contributed by atoms with Crippen LogP contribution in [0.25, 0.3) is 0 Å². The maximum atomic E-state index is 12.0. The van der Waals surface area contributed by atoms with Gasteiger partial charge in [0, 0.05) is 30.6 Å². The summed E-state index contributed by atoms with van der Waals surface area (Å²) in [6, 6.07) is 5.76. The first-order chi connectivity index (χ1) is 10.4. The minimum absolute atomic E-state index is 0.00387. The molecule has 0 bridgehead atoms. The molecule has 0 saturated heterocycles. The average Bonchev–Trinajstić information content (AvgIpc) is 2.48. The number of amides is 1. The second-order valence-corrected chi connectivity index (χ2v) is 8.38. The number of nitrogens with zero attached hydrogens (tertiary/aromatic N) is 1. The van der Waals surface area contributed by atoms with Gasteiger partial charge in [-0.05, 0) is 44.2 Å². The highest BCUT2D eigenvalue weighted by atomic mass is 32.2. The molecule has 2 rings (SSSR count). The second kappa shape index (κ2) is 7.72. The Kier molecular flexibility index (Phi) is 5.94. The van der Waals surface area contributed by atoms with Gasteiger partial charge >= 0.3 is 0 Å². The maximum Gasteiger partial charge on any atom is 0.220 e. The van der Waals surface area contributed by atoms with Crippen LogP contribution in [-0.2, 0) is 21.1 Å². The second-order valence-electron chi connectivity index (χ2n) is 6.06. The number of sulfone groups is 1. The molecule has 1 saturated carbocycles. The van der Waals surface area contributed by atoms with Crippen LogP contribution in [0.5, 0.6) is 0 Å². The van der Waals surface area contributed by atoms with Crippen molar-refractivity contribution in [2.24, 2.45) is 0 Å². The highest BCUT2D eigenvalue weighted by molar-refractivity contribution is 7.91. The van der Waals surface area contributed by atoms with Crippen LogP contribution in [0.15, 0.2) is 24.4 Å². The lowest BCUT2D eigenvalue weighted by atomic mass is 9.95. The zero-order chi connectivity index (χ0) is 16.0. The fourth-order valence-corrected chi connectivity index (χ4v) is 4.12. The molecule has 2 atom stereocenters. The molecule has 1 aromatic rings. The lowest BCUT2D eigenvalue weighted by molar-refractivity contribution is -0.122. The Bertz CT molecular complexity index is 587. The van der Waals surface area contributed by atoms with Crippen LogP contribution in [0.1, 0.15) is 44.2 Å². The number of carbonyl (C=O) groups excluding carboxylic acids is 1. The normalized spacial score (nSPS) is 22.2. The van der Waals surface area contributed by atoms with Gasteiger partial charge < -0.3 is 5.32 Å². The predicted molar refractivity (Wildman–Crippen MR) is 86.2 cm³/mol. The summed E-state index contributed by atoms with van der Waals surface area (Å²) >= 11 is 0. The zero-order valence-corrected chi connectivity index (χ0v) is 13.8. The van der Waals surface area contributed by atoms with Gasteiger partial charge in [0.15, 0.2) is 0 Å². The summed E-state index contributed by atoms with van der Waals surface area (Å²) in [7, 11) is -3.01. The Hall–Kier alpha value is -1.43. The molecule has 0 aromatic carbocycles. The van der Waals surface area contributed by atoms with Crippen molar-refractivity contribution in [3.63, 3.8) is 0 Å². The molecule has 22 heavy (non-hydrogen) atoms. The highest BCUT2D eigenvalue weighted by Gasteiger charge is 2.29. The van der Waals surface area contributed by atoms with Gasteiger partial charge in [0.2, 0.25) is 5.91 Å². The first-order valence-electron chi connectivity index (χ1n) is 7.83. The molecule has 1 fully saturated rings. The molecular formula is C16H24N2O3S. The quantitative estimate of drug-likeness (QED) is 0.867. The molecule has 0 unspecified atom stereocenters. The lowest BCUT2D eigenvalue weighted by Crippen LogP contribution is -2.41. The summed E-state index contributed by atoms with van der Waals surface area (Å²) in [6.45, 7) is 0. The van der Waals surface area contributed by atoms with E-state index >= 15 is 0 Å². The van der Waals surface area contributed by atoms with Crippen LogP contribution in [0.4, 0.5) is 0 Å². The van der Waals surface area contributed by atoms with E-state index in [1.165, 1.54) is 6.26 Å². The van der Waals surface area contributed by atoms with E-state index in [1.54, 1.807) is 6.20 Å². The molecule has 1 aliphatic rings. The van der Waals surface area contributed by atoms with Gasteiger partial charge in [-0.15, -0.1) is 0 Å². The third-order valence-electron chi connectivity index (χ3n) is 4.16. The van der Waals surface area contributed by atoms with Gasteiger partial charge in [-0.25, -0.2) is 8.42 Å². The topological polar surface area (TPSA) is 76.1 Å². The van der Waals surface area contributed by atoms with Crippen molar-refractivity contribution >= 4 is 15.7 Å². The van der Waals surface area contributed by atoms with Crippen molar-refractivity contribution < 1.29 is 13.2 Å². The van der Waals surface area contributed by atoms with Crippen molar-refractivity contribution in [2.75, 3.05) is 6.26 Å². The van der Waals surface area contributed by atoms with Gasteiger partial charge in [0.1, 0.15) is 9.84 Å². The van der Waals surface area contributed by atoms with Crippen molar-refractivity contribution in [3.8, 4) is 0 Å². The van der Waals surface area contributed by atoms with E-state index in [0.29, 0.717) is 19.3 Å². The summed E-state index contributed by atoms with van der Waals surface area (Å²) in [4.78, 5) is 16.2. The number of aryl methyl sites for hydroxylation is 1. The fourth-order valence-electron chi connectivity index (χ4n) is 2.94. The van der Waals surface area contributed by atoms with E-state index in [9.17, 15) is 13.2 Å². The summed E-state index contributed by atoms with van der Waals surface area (Å²) < 4.78 is 23.3. The molecule has 0 aliphatic heterocycles. The number of aromatic nitrogens is 1. The van der Waals surface area contributed by atoms with E-state index < -0.39 is 9.84 Å². The van der Waals surface area contributed by atoms with E-state index in [4.69, 9.17) is 0 Å². The predicted octanol–water partition coefficient (Wildman–Crippen LogP) is 1.88. The molecule has 0 spiro atoms. The minimum atomic E-state index is -3.01. The molecule has 1 amide bonds. The van der Waals surface area contributed by atoms with Crippen molar-refractivity contribution in [3.05, 3.63) is 30.1 Å². The molecule has 6 heteroatoms. The van der Waals surface area contributed by atoms with Crippen LogP contribution in [0, 0.1) is 0 Å². The van der Waals surface area contributed by atoms with Crippen LogP contribution in [-0.4, -0.2) is 36.9 Å². The molecule has 5 nitrogen and oxygen atoms in total. The molecule has 1 aromatic heterocycles. The van der Waals surface area contributed by atoms with E-state index in [2.05, 4.69) is 10.3 Å². The van der Waals surface area contributed by atoms with Crippen LogP contribution < -0.4 is 5.32 Å². The Labute approximate surface area is 132 Å². The Morgan fingerprint density at radius 3 is 2.86 bits per heavy atom. The smallest absolute Gasteiger partial charge is 0.220 e. The SMILES string of the molecule is CS(=O)(=O)[C@@H]1CCC[C@@H](NC(=O)CCCc2ccccn2)C1.